The predicted octanol–water partition coefficient (Wildman–Crippen LogP) is 0.645. The van der Waals surface area contributed by atoms with Crippen molar-refractivity contribution in [2.24, 2.45) is 17.4 Å². The Morgan fingerprint density at radius 2 is 2.00 bits per heavy atom. The summed E-state index contributed by atoms with van der Waals surface area (Å²) in [5.41, 5.74) is 10.8. The number of ketones is 1. The van der Waals surface area contributed by atoms with Crippen LogP contribution in [0.15, 0.2) is 0 Å². The lowest BCUT2D eigenvalue weighted by Gasteiger charge is -2.12. The highest BCUT2D eigenvalue weighted by Gasteiger charge is 2.16. The van der Waals surface area contributed by atoms with Gasteiger partial charge in [0.15, 0.2) is 5.78 Å². The Morgan fingerprint density at radius 3 is 2.38 bits per heavy atom. The van der Waals surface area contributed by atoms with Gasteiger partial charge in [-0.25, -0.2) is 0 Å². The molecular formula is C9H19N3O. The number of amidine groups is 1. The molecule has 0 spiro atoms. The maximum Gasteiger partial charge on any atom is 0.152 e. The molecule has 13 heavy (non-hydrogen) atoms. The van der Waals surface area contributed by atoms with Crippen LogP contribution in [0.2, 0.25) is 0 Å². The van der Waals surface area contributed by atoms with Crippen molar-refractivity contribution in [3.05, 3.63) is 0 Å². The molecule has 0 radical (unpaired) electrons. The van der Waals surface area contributed by atoms with Crippen molar-refractivity contribution in [3.63, 3.8) is 0 Å². The van der Waals surface area contributed by atoms with Gasteiger partial charge in [0.2, 0.25) is 0 Å². The van der Waals surface area contributed by atoms with Crippen molar-refractivity contribution in [2.75, 3.05) is 0 Å². The van der Waals surface area contributed by atoms with Crippen LogP contribution in [0.5, 0.6) is 0 Å². The smallest absolute Gasteiger partial charge is 0.152 e. The summed E-state index contributed by atoms with van der Waals surface area (Å²) < 4.78 is 0. The van der Waals surface area contributed by atoms with Crippen LogP contribution in [0.3, 0.4) is 0 Å². The largest absolute Gasteiger partial charge is 0.388 e. The maximum absolute atomic E-state index is 11.3. The second-order valence-electron chi connectivity index (χ2n) is 3.58. The Labute approximate surface area is 79.2 Å². The highest BCUT2D eigenvalue weighted by atomic mass is 16.1. The lowest BCUT2D eigenvalue weighted by atomic mass is 9.98. The van der Waals surface area contributed by atoms with E-state index in [1.54, 1.807) is 0 Å². The van der Waals surface area contributed by atoms with Gasteiger partial charge in [-0.05, 0) is 12.8 Å². The van der Waals surface area contributed by atoms with Gasteiger partial charge in [0.05, 0.1) is 11.9 Å². The zero-order valence-electron chi connectivity index (χ0n) is 8.34. The molecule has 0 rings (SSSR count). The highest BCUT2D eigenvalue weighted by molar-refractivity contribution is 5.85. The summed E-state index contributed by atoms with van der Waals surface area (Å²) in [4.78, 5) is 11.3. The Hall–Kier alpha value is -0.900. The van der Waals surface area contributed by atoms with Crippen LogP contribution in [0.4, 0.5) is 0 Å². The fraction of sp³-hybridized carbons (Fsp3) is 0.778. The molecule has 0 saturated heterocycles. The van der Waals surface area contributed by atoms with Crippen LogP contribution >= 0.6 is 0 Å². The minimum absolute atomic E-state index is 0.00710. The van der Waals surface area contributed by atoms with Gasteiger partial charge in [-0.15, -0.1) is 0 Å². The average molecular weight is 185 g/mol. The van der Waals surface area contributed by atoms with Gasteiger partial charge in [0, 0.05) is 12.3 Å². The topological polar surface area (TPSA) is 93.0 Å². The molecule has 0 fully saturated rings. The van der Waals surface area contributed by atoms with Gasteiger partial charge >= 0.3 is 0 Å². The summed E-state index contributed by atoms with van der Waals surface area (Å²) >= 11 is 0. The third-order valence-corrected chi connectivity index (χ3v) is 1.90. The highest BCUT2D eigenvalue weighted by Crippen LogP contribution is 2.05. The molecule has 5 N–H and O–H groups in total. The zero-order chi connectivity index (χ0) is 10.4. The van der Waals surface area contributed by atoms with Crippen molar-refractivity contribution in [1.29, 1.82) is 5.41 Å². The first-order valence-electron chi connectivity index (χ1n) is 4.57. The fourth-order valence-electron chi connectivity index (χ4n) is 1.08. The van der Waals surface area contributed by atoms with Gasteiger partial charge < -0.3 is 11.5 Å². The van der Waals surface area contributed by atoms with Crippen molar-refractivity contribution < 1.29 is 4.79 Å². The average Bonchev–Trinajstić information content (AvgIpc) is 2.02. The second kappa shape index (κ2) is 5.70. The molecule has 0 aliphatic rings. The molecule has 4 nitrogen and oxygen atoms in total. The van der Waals surface area contributed by atoms with Crippen molar-refractivity contribution >= 4 is 11.6 Å². The summed E-state index contributed by atoms with van der Waals surface area (Å²) in [7, 11) is 0. The molecule has 0 aromatic carbocycles. The normalized spacial score (nSPS) is 12.9. The molecule has 0 amide bonds. The Kier molecular flexibility index (Phi) is 5.30. The van der Waals surface area contributed by atoms with Gasteiger partial charge in [-0.2, -0.15) is 0 Å². The van der Waals surface area contributed by atoms with Crippen molar-refractivity contribution in [1.82, 2.24) is 0 Å². The minimum atomic E-state index is -0.389. The quantitative estimate of drug-likeness (QED) is 0.419. The summed E-state index contributed by atoms with van der Waals surface area (Å²) in [5, 5.41) is 6.98. The molecule has 0 aliphatic heterocycles. The molecule has 4 heteroatoms. The van der Waals surface area contributed by atoms with Gasteiger partial charge in [-0.3, -0.25) is 10.2 Å². The molecule has 0 saturated carbocycles. The van der Waals surface area contributed by atoms with E-state index in [1.165, 1.54) is 0 Å². The van der Waals surface area contributed by atoms with Crippen LogP contribution in [0.1, 0.15) is 33.1 Å². The molecule has 76 valence electrons. The molecule has 1 unspecified atom stereocenters. The number of carbonyl (C=O) groups is 1. The van der Waals surface area contributed by atoms with Crippen molar-refractivity contribution in [2.45, 2.75) is 39.2 Å². The molecule has 0 aliphatic carbocycles. The Bertz CT molecular complexity index is 189. The van der Waals surface area contributed by atoms with Crippen LogP contribution in [-0.4, -0.2) is 17.7 Å². The van der Waals surface area contributed by atoms with Crippen molar-refractivity contribution in [3.8, 4) is 0 Å². The van der Waals surface area contributed by atoms with E-state index in [-0.39, 0.29) is 23.6 Å². The Balaban J connectivity index is 3.68. The number of hydrogen-bond donors (Lipinski definition) is 3. The van der Waals surface area contributed by atoms with Gasteiger partial charge in [0.1, 0.15) is 0 Å². The van der Waals surface area contributed by atoms with Crippen LogP contribution in [0, 0.1) is 11.3 Å². The lowest BCUT2D eigenvalue weighted by Crippen LogP contribution is -2.33. The van der Waals surface area contributed by atoms with E-state index in [0.717, 1.165) is 6.42 Å². The molecule has 0 heterocycles. The number of nitrogens with two attached hydrogens (primary N) is 2. The summed E-state index contributed by atoms with van der Waals surface area (Å²) in [6, 6.07) is -0.389. The first kappa shape index (κ1) is 12.1. The van der Waals surface area contributed by atoms with Gasteiger partial charge in [0.25, 0.3) is 0 Å². The standard InChI is InChI=1S/C9H19N3O/c1-6(2)9(13)7(10)4-3-5-8(11)12/h6-7H,3-5,10H2,1-2H3,(H3,11,12). The molecule has 0 bridgehead atoms. The van der Waals surface area contributed by atoms with Crippen LogP contribution in [0.25, 0.3) is 0 Å². The second-order valence-corrected chi connectivity index (χ2v) is 3.58. The number of rotatable bonds is 6. The molecule has 1 atom stereocenters. The van der Waals surface area contributed by atoms with Crippen LogP contribution < -0.4 is 11.5 Å². The van der Waals surface area contributed by atoms with E-state index in [9.17, 15) is 4.79 Å². The van der Waals surface area contributed by atoms with E-state index >= 15 is 0 Å². The number of carbonyl (C=O) groups excluding carboxylic acids is 1. The molecule has 0 aromatic heterocycles. The van der Waals surface area contributed by atoms with E-state index < -0.39 is 0 Å². The first-order chi connectivity index (χ1) is 5.95. The number of nitrogens with one attached hydrogen (secondary N) is 1. The van der Waals surface area contributed by atoms with E-state index in [0.29, 0.717) is 12.8 Å². The monoisotopic (exact) mass is 185 g/mol. The minimum Gasteiger partial charge on any atom is -0.388 e. The summed E-state index contributed by atoms with van der Waals surface area (Å²) in [6.07, 6.45) is 1.87. The number of Topliss-reactive ketones (excluding diaryl/α,β-unsaturated/α-hetero) is 1. The first-order valence-corrected chi connectivity index (χ1v) is 4.57. The van der Waals surface area contributed by atoms with E-state index in [1.807, 2.05) is 13.8 Å². The number of hydrogen-bond acceptors (Lipinski definition) is 3. The lowest BCUT2D eigenvalue weighted by molar-refractivity contribution is -0.123. The summed E-state index contributed by atoms with van der Waals surface area (Å²) in [6.45, 7) is 3.68. The predicted molar refractivity (Wildman–Crippen MR) is 53.6 cm³/mol. The molecular weight excluding hydrogens is 166 g/mol. The Morgan fingerprint density at radius 1 is 1.46 bits per heavy atom. The van der Waals surface area contributed by atoms with Crippen LogP contribution in [-0.2, 0) is 4.79 Å². The zero-order valence-corrected chi connectivity index (χ0v) is 8.34. The third-order valence-electron chi connectivity index (χ3n) is 1.90. The SMILES string of the molecule is CC(C)C(=O)C(N)CCCC(=N)N. The fourth-order valence-corrected chi connectivity index (χ4v) is 1.08. The van der Waals surface area contributed by atoms with E-state index in [2.05, 4.69) is 0 Å². The third kappa shape index (κ3) is 5.36. The van der Waals surface area contributed by atoms with Gasteiger partial charge in [-0.1, -0.05) is 13.8 Å². The summed E-state index contributed by atoms with van der Waals surface area (Å²) in [5.74, 6) is 0.236. The van der Waals surface area contributed by atoms with E-state index in [4.69, 9.17) is 16.9 Å². The molecule has 0 aromatic rings. The maximum atomic E-state index is 11.3.